The van der Waals surface area contributed by atoms with Crippen LogP contribution in [0.3, 0.4) is 0 Å². The summed E-state index contributed by atoms with van der Waals surface area (Å²) in [6, 6.07) is 0. The van der Waals surface area contributed by atoms with E-state index < -0.39 is 0 Å². The van der Waals surface area contributed by atoms with E-state index in [-0.39, 0.29) is 25.8 Å². The van der Waals surface area contributed by atoms with Crippen LogP contribution in [0.1, 0.15) is 171 Å². The summed E-state index contributed by atoms with van der Waals surface area (Å²) in [6.45, 7) is 20.2. The van der Waals surface area contributed by atoms with Crippen molar-refractivity contribution in [2.24, 2.45) is 0 Å². The van der Waals surface area contributed by atoms with Gasteiger partial charge in [-0.2, -0.15) is 0 Å². The summed E-state index contributed by atoms with van der Waals surface area (Å²) in [5.74, 6) is 3.54. The van der Waals surface area contributed by atoms with Gasteiger partial charge >= 0.3 is 0 Å². The van der Waals surface area contributed by atoms with Gasteiger partial charge in [-0.25, -0.2) is 0 Å². The lowest BCUT2D eigenvalue weighted by Crippen LogP contribution is -2.25. The minimum Gasteiger partial charge on any atom is -0.494 e. The van der Waals surface area contributed by atoms with E-state index in [2.05, 4.69) is 55.4 Å². The van der Waals surface area contributed by atoms with Crippen LogP contribution in [0, 0.1) is 0 Å². The first kappa shape index (κ1) is 43.6. The van der Waals surface area contributed by atoms with Crippen molar-refractivity contribution in [3.05, 3.63) is 23.0 Å². The molecule has 0 aliphatic heterocycles. The maximum atomic E-state index is 6.42. The van der Waals surface area contributed by atoms with E-state index in [0.717, 1.165) is 100 Å². The van der Waals surface area contributed by atoms with Gasteiger partial charge in [-0.3, -0.25) is 0 Å². The van der Waals surface area contributed by atoms with E-state index in [9.17, 15) is 0 Å². The summed E-state index contributed by atoms with van der Waals surface area (Å²) in [5, 5.41) is 0. The van der Waals surface area contributed by atoms with Crippen molar-refractivity contribution >= 4 is 0 Å². The molecule has 0 N–H and O–H groups in total. The molecular formula is C38H74O7. The molecule has 0 rings (SSSR count). The highest BCUT2D eigenvalue weighted by atomic mass is 16.7. The predicted molar refractivity (Wildman–Crippen MR) is 187 cm³/mol. The number of unbranched alkanes of at least 4 members (excludes halogenated alkanes) is 6. The molecule has 2 unspecified atom stereocenters. The average molecular weight is 643 g/mol. The molecule has 0 aromatic carbocycles. The summed E-state index contributed by atoms with van der Waals surface area (Å²) in [7, 11) is 0. The second-order valence-corrected chi connectivity index (χ2v) is 11.9. The molecule has 0 saturated carbocycles. The van der Waals surface area contributed by atoms with Crippen molar-refractivity contribution in [1.82, 2.24) is 0 Å². The lowest BCUT2D eigenvalue weighted by Gasteiger charge is -2.26. The Bertz CT molecular complexity index is 648. The van der Waals surface area contributed by atoms with Crippen LogP contribution in [-0.4, -0.2) is 52.2 Å². The molecule has 0 saturated heterocycles. The fourth-order valence-electron chi connectivity index (χ4n) is 4.96. The van der Waals surface area contributed by atoms with Crippen molar-refractivity contribution in [3.8, 4) is 0 Å². The van der Waals surface area contributed by atoms with Crippen LogP contribution in [-0.2, 0) is 33.2 Å². The van der Waals surface area contributed by atoms with Gasteiger partial charge in [0.1, 0.15) is 23.7 Å². The molecule has 0 aromatic rings. The van der Waals surface area contributed by atoms with Gasteiger partial charge in [0.05, 0.1) is 26.4 Å². The lowest BCUT2D eigenvalue weighted by atomic mass is 10.1. The Kier molecular flexibility index (Phi) is 31.5. The monoisotopic (exact) mass is 643 g/mol. The van der Waals surface area contributed by atoms with E-state index in [1.165, 1.54) is 38.5 Å². The zero-order chi connectivity index (χ0) is 33.4. The minimum absolute atomic E-state index is 0.121. The number of allylic oxidation sites excluding steroid dienone is 2. The summed E-state index contributed by atoms with van der Waals surface area (Å²) in [6.07, 6.45) is 18.1. The number of hydrogen-bond acceptors (Lipinski definition) is 7. The first-order valence-electron chi connectivity index (χ1n) is 18.9. The number of rotatable bonds is 34. The molecule has 7 nitrogen and oxygen atoms in total. The standard InChI is InChI=1S/C38H74O7/c1-9-17-19-21-25-35(37(42-29-15-7)33(23-11-3)40-27-13-5)44-31-39-32-45-36(26-22-20-18-10-2)38(43-30-16-8)34(24-12-4)41-28-14-6/h35-36H,9-32H2,1-8H3. The maximum Gasteiger partial charge on any atom is 0.162 e. The Morgan fingerprint density at radius 1 is 0.400 bits per heavy atom. The highest BCUT2D eigenvalue weighted by Gasteiger charge is 2.24. The Labute approximate surface area is 279 Å². The molecule has 0 fully saturated rings. The Balaban J connectivity index is 5.82. The van der Waals surface area contributed by atoms with Gasteiger partial charge in [-0.05, 0) is 51.4 Å². The fourth-order valence-corrected chi connectivity index (χ4v) is 4.96. The van der Waals surface area contributed by atoms with Crippen LogP contribution < -0.4 is 0 Å². The third-order valence-corrected chi connectivity index (χ3v) is 7.32. The van der Waals surface area contributed by atoms with Crippen LogP contribution in [0.4, 0.5) is 0 Å². The van der Waals surface area contributed by atoms with Gasteiger partial charge < -0.3 is 33.2 Å². The van der Waals surface area contributed by atoms with E-state index in [4.69, 9.17) is 33.2 Å². The van der Waals surface area contributed by atoms with Crippen LogP contribution >= 0.6 is 0 Å². The van der Waals surface area contributed by atoms with Gasteiger partial charge in [0, 0.05) is 12.8 Å². The van der Waals surface area contributed by atoms with Crippen LogP contribution in [0.25, 0.3) is 0 Å². The second kappa shape index (κ2) is 32.5. The van der Waals surface area contributed by atoms with E-state index in [1.54, 1.807) is 0 Å². The SMILES string of the molecule is CCCCCCC(OCOCOC(CCCCCC)C(OCCC)=C(CCC)OCCC)C(OCCC)=C(CCC)OCCC. The first-order chi connectivity index (χ1) is 22.1. The molecule has 268 valence electrons. The van der Waals surface area contributed by atoms with Crippen LogP contribution in [0.2, 0.25) is 0 Å². The summed E-state index contributed by atoms with van der Waals surface area (Å²) in [4.78, 5) is 0. The fraction of sp³-hybridized carbons (Fsp3) is 0.895. The van der Waals surface area contributed by atoms with E-state index in [0.29, 0.717) is 26.4 Å². The van der Waals surface area contributed by atoms with E-state index >= 15 is 0 Å². The summed E-state index contributed by atoms with van der Waals surface area (Å²) >= 11 is 0. The maximum absolute atomic E-state index is 6.42. The molecule has 0 spiro atoms. The zero-order valence-electron chi connectivity index (χ0n) is 31.0. The number of hydrogen-bond donors (Lipinski definition) is 0. The molecule has 0 aliphatic rings. The third-order valence-electron chi connectivity index (χ3n) is 7.32. The highest BCUT2D eigenvalue weighted by Crippen LogP contribution is 2.26. The first-order valence-corrected chi connectivity index (χ1v) is 18.9. The van der Waals surface area contributed by atoms with Gasteiger partial charge in [0.15, 0.2) is 25.1 Å². The molecule has 0 aromatic heterocycles. The van der Waals surface area contributed by atoms with Crippen molar-refractivity contribution in [2.45, 2.75) is 183 Å². The smallest absolute Gasteiger partial charge is 0.162 e. The quantitative estimate of drug-likeness (QED) is 0.0393. The molecule has 0 amide bonds. The van der Waals surface area contributed by atoms with E-state index in [1.807, 2.05) is 0 Å². The Hall–Kier alpha value is -1.44. The Morgan fingerprint density at radius 3 is 1.11 bits per heavy atom. The van der Waals surface area contributed by atoms with Crippen LogP contribution in [0.5, 0.6) is 0 Å². The number of ether oxygens (including phenoxy) is 7. The van der Waals surface area contributed by atoms with Gasteiger partial charge in [0.2, 0.25) is 0 Å². The average Bonchev–Trinajstić information content (AvgIpc) is 3.05. The summed E-state index contributed by atoms with van der Waals surface area (Å²) < 4.78 is 44.0. The largest absolute Gasteiger partial charge is 0.494 e. The molecule has 0 radical (unpaired) electrons. The topological polar surface area (TPSA) is 64.6 Å². The predicted octanol–water partition coefficient (Wildman–Crippen LogP) is 11.4. The van der Waals surface area contributed by atoms with Gasteiger partial charge in [0.25, 0.3) is 0 Å². The third kappa shape index (κ3) is 21.9. The molecule has 0 heterocycles. The summed E-state index contributed by atoms with van der Waals surface area (Å²) in [5.41, 5.74) is 0. The van der Waals surface area contributed by atoms with Crippen molar-refractivity contribution in [2.75, 3.05) is 40.0 Å². The van der Waals surface area contributed by atoms with Gasteiger partial charge in [-0.15, -0.1) is 0 Å². The lowest BCUT2D eigenvalue weighted by molar-refractivity contribution is -0.167. The normalized spacial score (nSPS) is 14.0. The molecule has 7 heteroatoms. The molecule has 45 heavy (non-hydrogen) atoms. The minimum atomic E-state index is -0.210. The van der Waals surface area contributed by atoms with Crippen LogP contribution in [0.15, 0.2) is 23.0 Å². The Morgan fingerprint density at radius 2 is 0.778 bits per heavy atom. The van der Waals surface area contributed by atoms with Gasteiger partial charge in [-0.1, -0.05) is 107 Å². The molecule has 0 bridgehead atoms. The molecule has 2 atom stereocenters. The molecular weight excluding hydrogens is 568 g/mol. The highest BCUT2D eigenvalue weighted by molar-refractivity contribution is 5.09. The van der Waals surface area contributed by atoms with Crippen molar-refractivity contribution in [1.29, 1.82) is 0 Å². The van der Waals surface area contributed by atoms with Crippen molar-refractivity contribution < 1.29 is 33.2 Å². The zero-order valence-corrected chi connectivity index (χ0v) is 31.0. The van der Waals surface area contributed by atoms with Crippen molar-refractivity contribution in [3.63, 3.8) is 0 Å². The molecule has 0 aliphatic carbocycles. The second-order valence-electron chi connectivity index (χ2n) is 11.9.